The maximum absolute atomic E-state index is 13.1. The third-order valence-corrected chi connectivity index (χ3v) is 15.0. The second kappa shape index (κ2) is 37.4. The molecule has 22 nitrogen and oxygen atoms in total. The molecule has 3 aromatic carbocycles. The molecule has 2 saturated heterocycles. The molecule has 5 atom stereocenters. The van der Waals surface area contributed by atoms with E-state index in [-0.39, 0.29) is 38.2 Å². The molecular formula is C57H77Cl3N8O14. The Balaban J connectivity index is 0.000000242. The van der Waals surface area contributed by atoms with E-state index in [1.54, 1.807) is 46.2 Å². The number of hydrogen-bond acceptors (Lipinski definition) is 16. The minimum Gasteiger partial charge on any atom is -0.436 e. The summed E-state index contributed by atoms with van der Waals surface area (Å²) in [6.45, 7) is 4.23. The number of alkyl carbamates (subject to hydrolysis) is 2. The molecule has 2 heterocycles. The molecule has 25 heteroatoms. The van der Waals surface area contributed by atoms with Gasteiger partial charge >= 0.3 is 12.2 Å². The number of amides is 6. The van der Waals surface area contributed by atoms with Crippen LogP contribution in [0.1, 0.15) is 93.7 Å². The smallest absolute Gasteiger partial charge is 0.410 e. The number of carbonyl (C=O) groups excluding carboxylic acids is 6. The molecular weight excluding hydrogens is 1130 g/mol. The zero-order valence-corrected chi connectivity index (χ0v) is 48.3. The number of hydrogen-bond donors (Lipinski definition) is 5. The van der Waals surface area contributed by atoms with Crippen molar-refractivity contribution >= 4 is 70.6 Å². The summed E-state index contributed by atoms with van der Waals surface area (Å²) < 4.78 is 32.5. The number of benzene rings is 3. The molecule has 0 aromatic heterocycles. The Labute approximate surface area is 494 Å². The fourth-order valence-electron chi connectivity index (χ4n) is 9.33. The predicted molar refractivity (Wildman–Crippen MR) is 303 cm³/mol. The fraction of sp³-hybridized carbons (Fsp3) is 0.561. The van der Waals surface area contributed by atoms with Gasteiger partial charge in [-0.15, -0.1) is 0 Å². The lowest BCUT2D eigenvalue weighted by Gasteiger charge is -2.32. The quantitative estimate of drug-likeness (QED) is 0.0347. The van der Waals surface area contributed by atoms with E-state index >= 15 is 0 Å². The zero-order chi connectivity index (χ0) is 59.1. The summed E-state index contributed by atoms with van der Waals surface area (Å²) in [7, 11) is 0. The molecule has 4 fully saturated rings. The van der Waals surface area contributed by atoms with Crippen LogP contribution in [0.2, 0.25) is 15.1 Å². The van der Waals surface area contributed by atoms with Crippen LogP contribution in [0.15, 0.2) is 72.8 Å². The van der Waals surface area contributed by atoms with Gasteiger partial charge in [0.2, 0.25) is 12.1 Å². The van der Waals surface area contributed by atoms with Gasteiger partial charge < -0.3 is 60.7 Å². The zero-order valence-electron chi connectivity index (χ0n) is 46.1. The number of rotatable bonds is 24. The van der Waals surface area contributed by atoms with Crippen LogP contribution in [0.5, 0.6) is 0 Å². The van der Waals surface area contributed by atoms with Gasteiger partial charge in [0.05, 0.1) is 58.9 Å². The molecule has 82 heavy (non-hydrogen) atoms. The summed E-state index contributed by atoms with van der Waals surface area (Å²) in [5.74, 6) is -1.38. The Hall–Kier alpha value is -5.84. The third kappa shape index (κ3) is 24.5. The third-order valence-electron chi connectivity index (χ3n) is 13.9. The molecule has 0 bridgehead atoms. The van der Waals surface area contributed by atoms with Crippen LogP contribution in [0.25, 0.3) is 0 Å². The maximum atomic E-state index is 13.1. The second-order valence-corrected chi connectivity index (χ2v) is 21.3. The van der Waals surface area contributed by atoms with Gasteiger partial charge in [0.15, 0.2) is 12.2 Å². The second-order valence-electron chi connectivity index (χ2n) is 20.1. The minimum atomic E-state index is -1.61. The van der Waals surface area contributed by atoms with Crippen molar-refractivity contribution in [2.75, 3.05) is 65.8 Å². The monoisotopic (exact) mass is 1200 g/mol. The van der Waals surface area contributed by atoms with E-state index in [4.69, 9.17) is 90.2 Å². The lowest BCUT2D eigenvalue weighted by molar-refractivity contribution is -0.328. The molecule has 2 aliphatic carbocycles. The fourth-order valence-corrected chi connectivity index (χ4v) is 9.90. The van der Waals surface area contributed by atoms with Gasteiger partial charge in [0, 0.05) is 41.2 Å². The van der Waals surface area contributed by atoms with E-state index in [9.17, 15) is 34.0 Å². The lowest BCUT2D eigenvalue weighted by atomic mass is 9.85. The Morgan fingerprint density at radius 2 is 0.988 bits per heavy atom. The molecule has 2 saturated carbocycles. The van der Waals surface area contributed by atoms with Crippen molar-refractivity contribution in [3.8, 4) is 6.07 Å². The van der Waals surface area contributed by atoms with Gasteiger partial charge in [0.1, 0.15) is 18.7 Å². The molecule has 2 aliphatic heterocycles. The molecule has 0 spiro atoms. The predicted octanol–water partition coefficient (Wildman–Crippen LogP) is 6.87. The number of morpholine rings is 2. The van der Waals surface area contributed by atoms with Crippen LogP contribution < -0.4 is 27.8 Å². The summed E-state index contributed by atoms with van der Waals surface area (Å²) in [4.78, 5) is 87.1. The Bertz CT molecular complexity index is 2510. The maximum Gasteiger partial charge on any atom is 0.410 e. The molecule has 8 N–H and O–H groups in total. The largest absolute Gasteiger partial charge is 0.436 e. The number of nitrogens with zero attached hydrogens (tertiary/aromatic N) is 3. The summed E-state index contributed by atoms with van der Waals surface area (Å²) in [5.41, 5.74) is 18.0. The van der Waals surface area contributed by atoms with E-state index < -0.39 is 54.5 Å². The first-order valence-corrected chi connectivity index (χ1v) is 28.8. The molecule has 0 unspecified atom stereocenters. The van der Waals surface area contributed by atoms with E-state index in [0.29, 0.717) is 105 Å². The number of nitrogens with one attached hydrogen (secondary N) is 2. The van der Waals surface area contributed by atoms with Crippen molar-refractivity contribution in [2.45, 2.75) is 127 Å². The molecule has 4 aliphatic rings. The van der Waals surface area contributed by atoms with Crippen LogP contribution in [0.3, 0.4) is 0 Å². The van der Waals surface area contributed by atoms with E-state index in [1.165, 1.54) is 12.8 Å². The van der Waals surface area contributed by atoms with Crippen LogP contribution in [-0.4, -0.2) is 142 Å². The topological polar surface area (TPSA) is 309 Å². The number of ether oxygens (including phenoxy) is 6. The number of nitriles is 1. The van der Waals surface area contributed by atoms with E-state index in [0.717, 1.165) is 62.5 Å². The highest BCUT2D eigenvalue weighted by atomic mass is 35.5. The van der Waals surface area contributed by atoms with Crippen LogP contribution in [0.4, 0.5) is 9.59 Å². The van der Waals surface area contributed by atoms with Crippen molar-refractivity contribution in [1.29, 1.82) is 5.26 Å². The number of halogens is 3. The summed E-state index contributed by atoms with van der Waals surface area (Å²) >= 11 is 18.1. The Morgan fingerprint density at radius 3 is 1.39 bits per heavy atom. The average molecular weight is 1200 g/mol. The van der Waals surface area contributed by atoms with Crippen molar-refractivity contribution in [3.63, 3.8) is 0 Å². The minimum absolute atomic E-state index is 0.0263. The number of primary amides is 2. The van der Waals surface area contributed by atoms with Crippen LogP contribution in [0, 0.1) is 23.2 Å². The highest BCUT2D eigenvalue weighted by Gasteiger charge is 2.35. The normalized spacial score (nSPS) is 17.5. The Morgan fingerprint density at radius 1 is 0.585 bits per heavy atom. The SMILES string of the molecule is N#C[C@H](COCc1ccccc1Cl)NC(=O)O[C@@H](CC1CCCCC1)C(=O)N1CCOCC1.NC(=O)[C@@H](N)COCc1ccccc1Cl.NC(=O)[C@@H](NC(=O)O[C@@H](CC1CCCCC1)C(=O)N1CCOCC1)OOCc1ccccc1Cl. The number of nitrogens with two attached hydrogens (primary N) is 3. The van der Waals surface area contributed by atoms with Gasteiger partial charge in [-0.05, 0) is 59.6 Å². The first kappa shape index (κ1) is 67.0. The van der Waals surface area contributed by atoms with Crippen molar-refractivity contribution in [2.24, 2.45) is 29.0 Å². The standard InChI is InChI=1S/C24H32ClN3O5.C23H32ClN3O7.C10H13ClN2O2/c25-21-9-5-4-8-19(21)16-32-17-20(15-26)27-24(30)33-22(14-18-6-2-1-3-7-18)23(29)28-10-12-31-13-11-28;24-18-9-5-4-8-17(18)15-32-34-21(20(25)28)26-23(30)33-19(14-16-6-2-1-3-7-16)22(29)27-10-12-31-13-11-27;11-8-4-2-1-3-7(8)5-15-6-9(12)10(13)14/h4-5,8-9,18,20,22H,1-3,6-7,10-14,16-17H2,(H,27,30);4-5,8-9,16,19,21H,1-3,6-7,10-15H2,(H2,25,28)(H,26,30);1-4,9H,5-6,12H2,(H2,13,14)/t20-,22+;19-,21-;9-/m100/s1. The highest BCUT2D eigenvalue weighted by Crippen LogP contribution is 2.30. The van der Waals surface area contributed by atoms with Crippen LogP contribution >= 0.6 is 34.8 Å². The highest BCUT2D eigenvalue weighted by molar-refractivity contribution is 6.32. The van der Waals surface area contributed by atoms with E-state index in [2.05, 4.69) is 10.6 Å². The van der Waals surface area contributed by atoms with Crippen molar-refractivity contribution in [3.05, 3.63) is 105 Å². The molecule has 450 valence electrons. The first-order chi connectivity index (χ1) is 39.6. The lowest BCUT2D eigenvalue weighted by Crippen LogP contribution is -2.51. The molecule has 3 aromatic rings. The Kier molecular flexibility index (Phi) is 30.5. The molecule has 6 amide bonds. The van der Waals surface area contributed by atoms with Crippen molar-refractivity contribution in [1.82, 2.24) is 20.4 Å². The summed E-state index contributed by atoms with van der Waals surface area (Å²) in [6, 6.07) is 21.8. The van der Waals surface area contributed by atoms with Gasteiger partial charge in [0.25, 0.3) is 17.7 Å². The van der Waals surface area contributed by atoms with E-state index in [1.807, 2.05) is 42.5 Å². The van der Waals surface area contributed by atoms with Crippen LogP contribution in [-0.2, 0) is 77.2 Å². The van der Waals surface area contributed by atoms with Crippen molar-refractivity contribution < 1.29 is 67.0 Å². The first-order valence-electron chi connectivity index (χ1n) is 27.7. The summed E-state index contributed by atoms with van der Waals surface area (Å²) in [6.07, 6.45) is 6.58. The molecule has 0 radical (unpaired) electrons. The number of carbonyl (C=O) groups is 6. The van der Waals surface area contributed by atoms with Gasteiger partial charge in [-0.25, -0.2) is 19.4 Å². The van der Waals surface area contributed by atoms with Gasteiger partial charge in [-0.1, -0.05) is 154 Å². The summed E-state index contributed by atoms with van der Waals surface area (Å²) in [5, 5.41) is 15.8. The van der Waals surface area contributed by atoms with Gasteiger partial charge in [-0.3, -0.25) is 24.5 Å². The average Bonchev–Trinajstić information content (AvgIpc) is 3.59. The van der Waals surface area contributed by atoms with Gasteiger partial charge in [-0.2, -0.15) is 5.26 Å². The molecule has 7 rings (SSSR count).